The highest BCUT2D eigenvalue weighted by molar-refractivity contribution is 7.99. The van der Waals surface area contributed by atoms with Crippen LogP contribution >= 0.6 is 11.8 Å². The van der Waals surface area contributed by atoms with Crippen molar-refractivity contribution in [2.24, 2.45) is 5.73 Å². The minimum Gasteiger partial charge on any atom is -0.439 e. The van der Waals surface area contributed by atoms with Crippen LogP contribution in [0.2, 0.25) is 0 Å². The third kappa shape index (κ3) is 3.30. The van der Waals surface area contributed by atoms with E-state index in [0.717, 1.165) is 17.8 Å². The van der Waals surface area contributed by atoms with Crippen molar-refractivity contribution in [2.75, 3.05) is 0 Å². The fourth-order valence-electron chi connectivity index (χ4n) is 1.49. The summed E-state index contributed by atoms with van der Waals surface area (Å²) in [4.78, 5) is 4.02. The normalized spacial score (nSPS) is 11.8. The van der Waals surface area contributed by atoms with Crippen molar-refractivity contribution in [3.05, 3.63) is 41.3 Å². The van der Waals surface area contributed by atoms with Crippen LogP contribution in [0.3, 0.4) is 0 Å². The van der Waals surface area contributed by atoms with Crippen LogP contribution in [0.15, 0.2) is 39.0 Å². The molecule has 0 radical (unpaired) electrons. The molecular weight excluding hydrogens is 277 g/mol. The molecule has 102 valence electrons. The van der Waals surface area contributed by atoms with Gasteiger partial charge in [0.1, 0.15) is 6.26 Å². The second-order valence-electron chi connectivity index (χ2n) is 3.89. The van der Waals surface area contributed by atoms with Gasteiger partial charge in [0.25, 0.3) is 5.22 Å². The van der Waals surface area contributed by atoms with Crippen LogP contribution in [0.25, 0.3) is 0 Å². The van der Waals surface area contributed by atoms with Crippen LogP contribution in [-0.4, -0.2) is 4.98 Å². The molecule has 0 aliphatic rings. The zero-order valence-corrected chi connectivity index (χ0v) is 10.8. The van der Waals surface area contributed by atoms with Crippen LogP contribution in [-0.2, 0) is 12.7 Å². The van der Waals surface area contributed by atoms with E-state index in [0.29, 0.717) is 11.3 Å². The molecule has 0 fully saturated rings. The number of rotatable bonds is 3. The number of benzene rings is 1. The highest BCUT2D eigenvalue weighted by Gasteiger charge is 2.34. The summed E-state index contributed by atoms with van der Waals surface area (Å²) in [6, 6.07) is 4.00. The smallest absolute Gasteiger partial charge is 0.417 e. The predicted molar refractivity (Wildman–Crippen MR) is 64.7 cm³/mol. The van der Waals surface area contributed by atoms with Gasteiger partial charge in [-0.15, -0.1) is 0 Å². The van der Waals surface area contributed by atoms with Gasteiger partial charge in [0, 0.05) is 11.4 Å². The molecular formula is C12H11F3N2OS. The van der Waals surface area contributed by atoms with Crippen LogP contribution in [0, 0.1) is 6.92 Å². The lowest BCUT2D eigenvalue weighted by Crippen LogP contribution is -2.08. The first-order valence-corrected chi connectivity index (χ1v) is 6.22. The summed E-state index contributed by atoms with van der Waals surface area (Å²) in [5, 5.41) is 0.184. The van der Waals surface area contributed by atoms with Gasteiger partial charge in [0.2, 0.25) is 0 Å². The van der Waals surface area contributed by atoms with Crippen molar-refractivity contribution in [1.82, 2.24) is 4.98 Å². The molecule has 0 aliphatic heterocycles. The van der Waals surface area contributed by atoms with Gasteiger partial charge in [-0.1, -0.05) is 6.07 Å². The standard InChI is InChI=1S/C12H11F3N2OS/c1-7-6-18-11(17-7)19-10-3-2-8(5-16)4-9(10)12(13,14)15/h2-4,6H,5,16H2,1H3. The highest BCUT2D eigenvalue weighted by atomic mass is 32.2. The first kappa shape index (κ1) is 14.0. The summed E-state index contributed by atoms with van der Waals surface area (Å²) in [5.41, 5.74) is 5.69. The van der Waals surface area contributed by atoms with Crippen molar-refractivity contribution in [2.45, 2.75) is 29.8 Å². The maximum atomic E-state index is 13.0. The average molecular weight is 288 g/mol. The Morgan fingerprint density at radius 1 is 1.37 bits per heavy atom. The molecule has 0 unspecified atom stereocenters. The fraction of sp³-hybridized carbons (Fsp3) is 0.250. The van der Waals surface area contributed by atoms with E-state index >= 15 is 0 Å². The predicted octanol–water partition coefficient (Wildman–Crippen LogP) is 3.61. The highest BCUT2D eigenvalue weighted by Crippen LogP contribution is 2.39. The topological polar surface area (TPSA) is 52.0 Å². The minimum atomic E-state index is -4.44. The zero-order chi connectivity index (χ0) is 14.0. The monoisotopic (exact) mass is 288 g/mol. The minimum absolute atomic E-state index is 0.0477. The van der Waals surface area contributed by atoms with Crippen molar-refractivity contribution >= 4 is 11.8 Å². The summed E-state index contributed by atoms with van der Waals surface area (Å²) < 4.78 is 44.0. The Bertz CT molecular complexity index is 581. The van der Waals surface area contributed by atoms with Crippen molar-refractivity contribution in [1.29, 1.82) is 0 Å². The number of aromatic nitrogens is 1. The van der Waals surface area contributed by atoms with Gasteiger partial charge >= 0.3 is 6.18 Å². The third-order valence-corrected chi connectivity index (χ3v) is 3.32. The molecule has 2 aromatic rings. The zero-order valence-electron chi connectivity index (χ0n) is 9.99. The summed E-state index contributed by atoms with van der Waals surface area (Å²) in [6.07, 6.45) is -3.04. The number of alkyl halides is 3. The quantitative estimate of drug-likeness (QED) is 0.937. The van der Waals surface area contributed by atoms with E-state index in [2.05, 4.69) is 4.98 Å². The van der Waals surface area contributed by atoms with Gasteiger partial charge in [-0.25, -0.2) is 4.98 Å². The largest absolute Gasteiger partial charge is 0.439 e. The Labute approximate surface area is 112 Å². The van der Waals surface area contributed by atoms with Gasteiger partial charge in [-0.05, 0) is 36.4 Å². The number of halogens is 3. The Kier molecular flexibility index (Phi) is 3.86. The number of hydrogen-bond acceptors (Lipinski definition) is 4. The number of aryl methyl sites for hydroxylation is 1. The summed E-state index contributed by atoms with van der Waals surface area (Å²) in [7, 11) is 0. The molecule has 2 rings (SSSR count). The maximum absolute atomic E-state index is 13.0. The van der Waals surface area contributed by atoms with Crippen LogP contribution in [0.1, 0.15) is 16.8 Å². The lowest BCUT2D eigenvalue weighted by atomic mass is 10.1. The number of hydrogen-bond donors (Lipinski definition) is 1. The van der Waals surface area contributed by atoms with Gasteiger partial charge in [0.15, 0.2) is 0 Å². The first-order valence-electron chi connectivity index (χ1n) is 5.40. The molecule has 0 amide bonds. The molecule has 19 heavy (non-hydrogen) atoms. The van der Waals surface area contributed by atoms with Crippen molar-refractivity contribution in [3.8, 4) is 0 Å². The summed E-state index contributed by atoms with van der Waals surface area (Å²) in [5.74, 6) is 0. The number of nitrogens with two attached hydrogens (primary N) is 1. The van der Waals surface area contributed by atoms with Gasteiger partial charge in [-0.3, -0.25) is 0 Å². The maximum Gasteiger partial charge on any atom is 0.417 e. The SMILES string of the molecule is Cc1coc(Sc2ccc(CN)cc2C(F)(F)F)n1. The van der Waals surface area contributed by atoms with Crippen LogP contribution in [0.4, 0.5) is 13.2 Å². The molecule has 3 nitrogen and oxygen atoms in total. The van der Waals surface area contributed by atoms with Crippen LogP contribution < -0.4 is 5.73 Å². The van der Waals surface area contributed by atoms with E-state index < -0.39 is 11.7 Å². The average Bonchev–Trinajstić information content (AvgIpc) is 2.74. The molecule has 2 N–H and O–H groups in total. The molecule has 0 bridgehead atoms. The second-order valence-corrected chi connectivity index (χ2v) is 4.88. The van der Waals surface area contributed by atoms with Crippen LogP contribution in [0.5, 0.6) is 0 Å². The Morgan fingerprint density at radius 3 is 2.63 bits per heavy atom. The molecule has 1 aromatic carbocycles. The molecule has 7 heteroatoms. The molecule has 0 saturated heterocycles. The lowest BCUT2D eigenvalue weighted by molar-refractivity contribution is -0.139. The number of oxazole rings is 1. The van der Waals surface area contributed by atoms with E-state index in [1.54, 1.807) is 13.0 Å². The summed E-state index contributed by atoms with van der Waals surface area (Å²) >= 11 is 0.843. The van der Waals surface area contributed by atoms with E-state index in [1.807, 2.05) is 0 Å². The third-order valence-electron chi connectivity index (χ3n) is 2.38. The molecule has 1 heterocycles. The second kappa shape index (κ2) is 5.26. The fourth-order valence-corrected chi connectivity index (χ4v) is 2.38. The Balaban J connectivity index is 2.39. The Hall–Kier alpha value is -1.47. The molecule has 0 saturated carbocycles. The van der Waals surface area contributed by atoms with Gasteiger partial charge in [-0.2, -0.15) is 13.2 Å². The molecule has 0 atom stereocenters. The summed E-state index contributed by atoms with van der Waals surface area (Å²) in [6.45, 7) is 1.77. The lowest BCUT2D eigenvalue weighted by Gasteiger charge is -2.12. The Morgan fingerprint density at radius 2 is 2.11 bits per heavy atom. The van der Waals surface area contributed by atoms with Gasteiger partial charge in [0.05, 0.1) is 11.3 Å². The van der Waals surface area contributed by atoms with E-state index in [1.165, 1.54) is 12.3 Å². The van der Waals surface area contributed by atoms with Crippen molar-refractivity contribution < 1.29 is 17.6 Å². The molecule has 0 spiro atoms. The van der Waals surface area contributed by atoms with E-state index in [9.17, 15) is 13.2 Å². The molecule has 1 aromatic heterocycles. The van der Waals surface area contributed by atoms with Gasteiger partial charge < -0.3 is 10.2 Å². The van der Waals surface area contributed by atoms with Crippen molar-refractivity contribution in [3.63, 3.8) is 0 Å². The van der Waals surface area contributed by atoms with E-state index in [-0.39, 0.29) is 16.7 Å². The van der Waals surface area contributed by atoms with E-state index in [4.69, 9.17) is 10.2 Å². The number of nitrogens with zero attached hydrogens (tertiary/aromatic N) is 1. The first-order chi connectivity index (χ1) is 8.90. The molecule has 0 aliphatic carbocycles.